The first-order chi connectivity index (χ1) is 7.95. The summed E-state index contributed by atoms with van der Waals surface area (Å²) in [6, 6.07) is 7.05. The molecule has 17 heavy (non-hydrogen) atoms. The summed E-state index contributed by atoms with van der Waals surface area (Å²) in [4.78, 5) is 2.32. The Morgan fingerprint density at radius 2 is 1.82 bits per heavy atom. The summed E-state index contributed by atoms with van der Waals surface area (Å²) >= 11 is 0. The summed E-state index contributed by atoms with van der Waals surface area (Å²) in [7, 11) is 3.88. The third-order valence-electron chi connectivity index (χ3n) is 3.27. The van der Waals surface area contributed by atoms with Crippen LogP contribution in [0.3, 0.4) is 0 Å². The molecule has 0 fully saturated rings. The molecular weight excluding hydrogens is 210 g/mol. The van der Waals surface area contributed by atoms with Crippen LogP contribution in [0.25, 0.3) is 0 Å². The Kier molecular flexibility index (Phi) is 5.01. The fraction of sp³-hybridized carbons (Fsp3) is 0.600. The zero-order valence-electron chi connectivity index (χ0n) is 11.9. The minimum atomic E-state index is 0.544. The van der Waals surface area contributed by atoms with Crippen LogP contribution in [0.15, 0.2) is 18.2 Å². The van der Waals surface area contributed by atoms with E-state index in [1.165, 1.54) is 11.1 Å². The summed E-state index contributed by atoms with van der Waals surface area (Å²) in [5, 5.41) is 0. The number of ether oxygens (including phenoxy) is 1. The molecule has 2 heteroatoms. The first kappa shape index (κ1) is 14.0. The molecule has 0 aliphatic carbocycles. The topological polar surface area (TPSA) is 12.5 Å². The van der Waals surface area contributed by atoms with Crippen molar-refractivity contribution in [1.29, 1.82) is 0 Å². The van der Waals surface area contributed by atoms with Crippen molar-refractivity contribution in [2.75, 3.05) is 14.2 Å². The lowest BCUT2D eigenvalue weighted by Gasteiger charge is -2.23. The molecule has 0 saturated heterocycles. The number of nitrogens with zero attached hydrogens (tertiary/aromatic N) is 1. The number of hydrogen-bond acceptors (Lipinski definition) is 2. The number of rotatable bonds is 5. The quantitative estimate of drug-likeness (QED) is 0.772. The van der Waals surface area contributed by atoms with Crippen molar-refractivity contribution in [2.24, 2.45) is 0 Å². The maximum atomic E-state index is 5.43. The van der Waals surface area contributed by atoms with Crippen LogP contribution in [0.2, 0.25) is 0 Å². The van der Waals surface area contributed by atoms with Crippen LogP contribution in [-0.2, 0) is 6.54 Å². The van der Waals surface area contributed by atoms with Gasteiger partial charge in [-0.15, -0.1) is 0 Å². The molecule has 0 saturated carbocycles. The van der Waals surface area contributed by atoms with Crippen molar-refractivity contribution in [1.82, 2.24) is 4.90 Å². The monoisotopic (exact) mass is 235 g/mol. The van der Waals surface area contributed by atoms with Crippen molar-refractivity contribution in [3.63, 3.8) is 0 Å². The fourth-order valence-electron chi connectivity index (χ4n) is 1.73. The van der Waals surface area contributed by atoms with E-state index >= 15 is 0 Å². The van der Waals surface area contributed by atoms with Gasteiger partial charge in [-0.1, -0.05) is 26.0 Å². The number of benzene rings is 1. The van der Waals surface area contributed by atoms with Crippen molar-refractivity contribution >= 4 is 0 Å². The second kappa shape index (κ2) is 6.06. The van der Waals surface area contributed by atoms with Crippen LogP contribution in [-0.4, -0.2) is 25.1 Å². The van der Waals surface area contributed by atoms with Gasteiger partial charge in [-0.25, -0.2) is 0 Å². The largest absolute Gasteiger partial charge is 0.496 e. The van der Waals surface area contributed by atoms with Gasteiger partial charge in [-0.2, -0.15) is 0 Å². The van der Waals surface area contributed by atoms with Crippen molar-refractivity contribution in [3.8, 4) is 5.75 Å². The molecule has 0 bridgehead atoms. The van der Waals surface area contributed by atoms with Gasteiger partial charge in [0.15, 0.2) is 0 Å². The predicted octanol–water partition coefficient (Wildman–Crippen LogP) is 3.66. The van der Waals surface area contributed by atoms with Crippen molar-refractivity contribution in [3.05, 3.63) is 29.3 Å². The van der Waals surface area contributed by atoms with Gasteiger partial charge < -0.3 is 4.74 Å². The van der Waals surface area contributed by atoms with E-state index in [1.54, 1.807) is 7.11 Å². The average Bonchev–Trinajstić information content (AvgIpc) is 2.28. The maximum Gasteiger partial charge on any atom is 0.123 e. The Morgan fingerprint density at radius 1 is 1.18 bits per heavy atom. The van der Waals surface area contributed by atoms with Gasteiger partial charge in [0, 0.05) is 18.2 Å². The van der Waals surface area contributed by atoms with Gasteiger partial charge in [-0.05, 0) is 38.4 Å². The highest BCUT2D eigenvalue weighted by molar-refractivity contribution is 5.38. The van der Waals surface area contributed by atoms with Gasteiger partial charge >= 0.3 is 0 Å². The predicted molar refractivity (Wildman–Crippen MR) is 73.7 cm³/mol. The summed E-state index contributed by atoms with van der Waals surface area (Å²) in [6.07, 6.45) is 0. The third kappa shape index (κ3) is 3.74. The first-order valence-electron chi connectivity index (χ1n) is 6.32. The fourth-order valence-corrected chi connectivity index (χ4v) is 1.73. The van der Waals surface area contributed by atoms with E-state index in [0.717, 1.165) is 12.3 Å². The van der Waals surface area contributed by atoms with E-state index in [-0.39, 0.29) is 0 Å². The minimum absolute atomic E-state index is 0.544. The summed E-state index contributed by atoms with van der Waals surface area (Å²) in [5.41, 5.74) is 2.65. The molecule has 0 aliphatic rings. The van der Waals surface area contributed by atoms with E-state index in [0.29, 0.717) is 12.0 Å². The van der Waals surface area contributed by atoms with E-state index < -0.39 is 0 Å². The van der Waals surface area contributed by atoms with Gasteiger partial charge in [0.2, 0.25) is 0 Å². The highest BCUT2D eigenvalue weighted by Gasteiger charge is 2.10. The molecule has 0 N–H and O–H groups in total. The molecule has 0 amide bonds. The van der Waals surface area contributed by atoms with Crippen LogP contribution in [0, 0.1) is 0 Å². The standard InChI is InChI=1S/C15H25NO/c1-11(2)13-7-8-15(17-6)14(9-13)10-16(5)12(3)4/h7-9,11-12H,10H2,1-6H3. The summed E-state index contributed by atoms with van der Waals surface area (Å²) in [5.74, 6) is 1.55. The summed E-state index contributed by atoms with van der Waals surface area (Å²) in [6.45, 7) is 9.79. The van der Waals surface area contributed by atoms with Crippen LogP contribution in [0.5, 0.6) is 5.75 Å². The molecule has 0 aliphatic heterocycles. The second-order valence-corrected chi connectivity index (χ2v) is 5.23. The maximum absolute atomic E-state index is 5.43. The van der Waals surface area contributed by atoms with Crippen LogP contribution in [0.1, 0.15) is 44.7 Å². The van der Waals surface area contributed by atoms with Gasteiger partial charge in [-0.3, -0.25) is 4.90 Å². The number of methoxy groups -OCH3 is 1. The Hall–Kier alpha value is -1.02. The molecule has 0 heterocycles. The lowest BCUT2D eigenvalue weighted by atomic mass is 10.00. The SMILES string of the molecule is COc1ccc(C(C)C)cc1CN(C)C(C)C. The smallest absolute Gasteiger partial charge is 0.123 e. The van der Waals surface area contributed by atoms with Crippen molar-refractivity contribution in [2.45, 2.75) is 46.2 Å². The summed E-state index contributed by atoms with van der Waals surface area (Å²) < 4.78 is 5.43. The molecule has 0 aromatic heterocycles. The normalized spacial score (nSPS) is 11.6. The van der Waals surface area contributed by atoms with Gasteiger partial charge in [0.05, 0.1) is 7.11 Å². The molecule has 0 unspecified atom stereocenters. The van der Waals surface area contributed by atoms with E-state index in [1.807, 2.05) is 0 Å². The lowest BCUT2D eigenvalue weighted by molar-refractivity contribution is 0.261. The van der Waals surface area contributed by atoms with Crippen molar-refractivity contribution < 1.29 is 4.74 Å². The van der Waals surface area contributed by atoms with E-state index in [2.05, 4.69) is 57.8 Å². The molecule has 1 rings (SSSR count). The van der Waals surface area contributed by atoms with E-state index in [9.17, 15) is 0 Å². The molecule has 0 radical (unpaired) electrons. The van der Waals surface area contributed by atoms with Crippen LogP contribution in [0.4, 0.5) is 0 Å². The molecule has 0 spiro atoms. The second-order valence-electron chi connectivity index (χ2n) is 5.23. The first-order valence-corrected chi connectivity index (χ1v) is 6.32. The molecule has 2 nitrogen and oxygen atoms in total. The average molecular weight is 235 g/mol. The third-order valence-corrected chi connectivity index (χ3v) is 3.27. The van der Waals surface area contributed by atoms with E-state index in [4.69, 9.17) is 4.74 Å². The molecule has 1 aromatic carbocycles. The number of hydrogen-bond donors (Lipinski definition) is 0. The Labute approximate surface area is 106 Å². The minimum Gasteiger partial charge on any atom is -0.496 e. The van der Waals surface area contributed by atoms with Gasteiger partial charge in [0.1, 0.15) is 5.75 Å². The van der Waals surface area contributed by atoms with Gasteiger partial charge in [0.25, 0.3) is 0 Å². The zero-order chi connectivity index (χ0) is 13.0. The van der Waals surface area contributed by atoms with Crippen LogP contribution < -0.4 is 4.74 Å². The Bertz CT molecular complexity index is 358. The Morgan fingerprint density at radius 3 is 2.29 bits per heavy atom. The molecular formula is C15H25NO. The molecule has 96 valence electrons. The zero-order valence-corrected chi connectivity index (χ0v) is 11.9. The Balaban J connectivity index is 2.97. The molecule has 1 aromatic rings. The highest BCUT2D eigenvalue weighted by atomic mass is 16.5. The lowest BCUT2D eigenvalue weighted by Crippen LogP contribution is -2.25. The highest BCUT2D eigenvalue weighted by Crippen LogP contribution is 2.25. The molecule has 0 atom stereocenters. The van der Waals surface area contributed by atoms with Crippen LogP contribution >= 0.6 is 0 Å².